The summed E-state index contributed by atoms with van der Waals surface area (Å²) < 4.78 is 0. The van der Waals surface area contributed by atoms with Crippen LogP contribution in [0.5, 0.6) is 0 Å². The van der Waals surface area contributed by atoms with Gasteiger partial charge in [-0.25, -0.2) is 0 Å². The number of hydrogen-bond acceptors (Lipinski definition) is 3. The van der Waals surface area contributed by atoms with Gasteiger partial charge in [-0.05, 0) is 43.7 Å². The minimum absolute atomic E-state index is 0.0164. The number of pyridine rings is 1. The van der Waals surface area contributed by atoms with Crippen molar-refractivity contribution < 1.29 is 9.59 Å². The van der Waals surface area contributed by atoms with Crippen LogP contribution in [0.2, 0.25) is 10.0 Å². The lowest BCUT2D eigenvalue weighted by Crippen LogP contribution is -2.54. The van der Waals surface area contributed by atoms with E-state index in [1.54, 1.807) is 23.2 Å². The van der Waals surface area contributed by atoms with Gasteiger partial charge in [0.1, 0.15) is 0 Å². The van der Waals surface area contributed by atoms with Crippen LogP contribution in [0.15, 0.2) is 42.6 Å². The van der Waals surface area contributed by atoms with Crippen LogP contribution in [0, 0.1) is 0 Å². The molecule has 1 aromatic carbocycles. The molecule has 0 radical (unpaired) electrons. The van der Waals surface area contributed by atoms with Crippen LogP contribution < -0.4 is 0 Å². The van der Waals surface area contributed by atoms with Crippen LogP contribution in [0.3, 0.4) is 0 Å². The van der Waals surface area contributed by atoms with Gasteiger partial charge in [0.2, 0.25) is 11.8 Å². The molecule has 148 valence electrons. The normalized spacial score (nSPS) is 14.9. The van der Waals surface area contributed by atoms with Gasteiger partial charge in [0.25, 0.3) is 0 Å². The van der Waals surface area contributed by atoms with Gasteiger partial charge >= 0.3 is 0 Å². The zero-order valence-corrected chi connectivity index (χ0v) is 17.5. The molecular formula is C21H23Cl2N3O2. The summed E-state index contributed by atoms with van der Waals surface area (Å²) >= 11 is 12.1. The Hall–Kier alpha value is -2.11. The lowest BCUT2D eigenvalue weighted by Gasteiger charge is -2.39. The summed E-state index contributed by atoms with van der Waals surface area (Å²) in [6, 6.07) is 10.8. The van der Waals surface area contributed by atoms with E-state index in [1.807, 2.05) is 43.0 Å². The highest BCUT2D eigenvalue weighted by Gasteiger charge is 2.36. The van der Waals surface area contributed by atoms with Crippen LogP contribution in [-0.4, -0.2) is 52.8 Å². The summed E-state index contributed by atoms with van der Waals surface area (Å²) in [5, 5.41) is 0.902. The van der Waals surface area contributed by atoms with Crippen molar-refractivity contribution in [1.29, 1.82) is 0 Å². The molecule has 2 heterocycles. The smallest absolute Gasteiger partial charge is 0.232 e. The van der Waals surface area contributed by atoms with Crippen molar-refractivity contribution in [3.05, 3.63) is 63.9 Å². The first kappa shape index (κ1) is 20.6. The molecule has 28 heavy (non-hydrogen) atoms. The molecule has 2 amide bonds. The zero-order valence-electron chi connectivity index (χ0n) is 16.0. The molecule has 1 fully saturated rings. The van der Waals surface area contributed by atoms with Gasteiger partial charge < -0.3 is 9.80 Å². The number of aromatic nitrogens is 1. The molecule has 0 N–H and O–H groups in total. The highest BCUT2D eigenvalue weighted by atomic mass is 35.5. The summed E-state index contributed by atoms with van der Waals surface area (Å²) in [6.45, 7) is 5.83. The highest BCUT2D eigenvalue weighted by Crippen LogP contribution is 2.31. The summed E-state index contributed by atoms with van der Waals surface area (Å²) in [5.74, 6) is 0.0530. The van der Waals surface area contributed by atoms with Gasteiger partial charge in [-0.2, -0.15) is 0 Å². The maximum atomic E-state index is 13.1. The molecule has 0 spiro atoms. The third-order valence-electron chi connectivity index (χ3n) is 5.15. The first-order valence-electron chi connectivity index (χ1n) is 9.21. The highest BCUT2D eigenvalue weighted by molar-refractivity contribution is 6.42. The van der Waals surface area contributed by atoms with E-state index in [0.717, 1.165) is 11.3 Å². The first-order chi connectivity index (χ1) is 13.3. The predicted molar refractivity (Wildman–Crippen MR) is 111 cm³/mol. The van der Waals surface area contributed by atoms with Gasteiger partial charge in [0.05, 0.1) is 21.9 Å². The fraction of sp³-hybridized carbons (Fsp3) is 0.381. The minimum Gasteiger partial charge on any atom is -0.339 e. The second kappa shape index (κ2) is 8.50. The molecule has 1 aliphatic rings. The topological polar surface area (TPSA) is 53.5 Å². The molecule has 0 atom stereocenters. The lowest BCUT2D eigenvalue weighted by atomic mass is 9.83. The van der Waals surface area contributed by atoms with Gasteiger partial charge in [0, 0.05) is 38.1 Å². The number of nitrogens with zero attached hydrogens (tertiary/aromatic N) is 3. The van der Waals surface area contributed by atoms with Gasteiger partial charge in [-0.3, -0.25) is 14.6 Å². The number of rotatable bonds is 4. The van der Waals surface area contributed by atoms with Crippen LogP contribution in [0.25, 0.3) is 0 Å². The molecule has 1 saturated heterocycles. The average Bonchev–Trinajstić information content (AvgIpc) is 2.70. The van der Waals surface area contributed by atoms with Crippen LogP contribution >= 0.6 is 23.2 Å². The molecule has 0 unspecified atom stereocenters. The maximum absolute atomic E-state index is 13.1. The lowest BCUT2D eigenvalue weighted by molar-refractivity contribution is -0.142. The SMILES string of the molecule is CC(C)(C(=O)N1CCN(C(=O)Cc2ccccn2)CC1)c1ccc(Cl)c(Cl)c1. The van der Waals surface area contributed by atoms with Crippen molar-refractivity contribution in [1.82, 2.24) is 14.8 Å². The van der Waals surface area contributed by atoms with Crippen molar-refractivity contribution >= 4 is 35.0 Å². The van der Waals surface area contributed by atoms with Crippen molar-refractivity contribution in [2.75, 3.05) is 26.2 Å². The molecular weight excluding hydrogens is 397 g/mol. The van der Waals surface area contributed by atoms with E-state index in [-0.39, 0.29) is 18.2 Å². The molecule has 5 nitrogen and oxygen atoms in total. The van der Waals surface area contributed by atoms with E-state index in [9.17, 15) is 9.59 Å². The Morgan fingerprint density at radius 3 is 2.29 bits per heavy atom. The second-order valence-electron chi connectivity index (χ2n) is 7.42. The monoisotopic (exact) mass is 419 g/mol. The number of piperazine rings is 1. The Labute approximate surface area is 175 Å². The fourth-order valence-corrected chi connectivity index (χ4v) is 3.63. The largest absolute Gasteiger partial charge is 0.339 e. The van der Waals surface area contributed by atoms with Gasteiger partial charge in [-0.1, -0.05) is 35.3 Å². The Balaban J connectivity index is 1.61. The summed E-state index contributed by atoms with van der Waals surface area (Å²) in [5.41, 5.74) is 0.848. The van der Waals surface area contributed by atoms with E-state index in [1.165, 1.54) is 0 Å². The second-order valence-corrected chi connectivity index (χ2v) is 8.24. The minimum atomic E-state index is -0.728. The van der Waals surface area contributed by atoms with Crippen molar-refractivity contribution in [2.24, 2.45) is 0 Å². The number of carbonyl (C=O) groups is 2. The van der Waals surface area contributed by atoms with Gasteiger partial charge in [-0.15, -0.1) is 0 Å². The third kappa shape index (κ3) is 4.47. The molecule has 1 aliphatic heterocycles. The predicted octanol–water partition coefficient (Wildman–Crippen LogP) is 3.58. The Morgan fingerprint density at radius 2 is 1.68 bits per heavy atom. The van der Waals surface area contributed by atoms with Crippen molar-refractivity contribution in [3.63, 3.8) is 0 Å². The first-order valence-corrected chi connectivity index (χ1v) is 9.97. The third-order valence-corrected chi connectivity index (χ3v) is 5.89. The molecule has 2 aromatic rings. The van der Waals surface area contributed by atoms with Gasteiger partial charge in [0.15, 0.2) is 0 Å². The fourth-order valence-electron chi connectivity index (χ4n) is 3.33. The van der Waals surface area contributed by atoms with E-state index < -0.39 is 5.41 Å². The number of carbonyl (C=O) groups excluding carboxylic acids is 2. The number of halogens is 2. The summed E-state index contributed by atoms with van der Waals surface area (Å²) in [7, 11) is 0. The quantitative estimate of drug-likeness (QED) is 0.760. The van der Waals surface area contributed by atoms with E-state index >= 15 is 0 Å². The molecule has 0 bridgehead atoms. The molecule has 0 saturated carbocycles. The van der Waals surface area contributed by atoms with Crippen LogP contribution in [0.4, 0.5) is 0 Å². The van der Waals surface area contributed by atoms with E-state index in [0.29, 0.717) is 36.2 Å². The zero-order chi connectivity index (χ0) is 20.3. The number of amides is 2. The van der Waals surface area contributed by atoms with Crippen LogP contribution in [0.1, 0.15) is 25.1 Å². The molecule has 3 rings (SSSR count). The Bertz CT molecular complexity index is 863. The Morgan fingerprint density at radius 1 is 1.00 bits per heavy atom. The molecule has 0 aliphatic carbocycles. The van der Waals surface area contributed by atoms with Crippen molar-refractivity contribution in [3.8, 4) is 0 Å². The van der Waals surface area contributed by atoms with Crippen LogP contribution in [-0.2, 0) is 21.4 Å². The van der Waals surface area contributed by atoms with E-state index in [4.69, 9.17) is 23.2 Å². The maximum Gasteiger partial charge on any atom is 0.232 e. The number of hydrogen-bond donors (Lipinski definition) is 0. The van der Waals surface area contributed by atoms with Crippen molar-refractivity contribution in [2.45, 2.75) is 25.7 Å². The summed E-state index contributed by atoms with van der Waals surface area (Å²) in [6.07, 6.45) is 1.97. The standard InChI is InChI=1S/C21H23Cl2N3O2/c1-21(2,15-6-7-17(22)18(23)13-15)20(28)26-11-9-25(10-12-26)19(27)14-16-5-3-4-8-24-16/h3-8,13H,9-12,14H2,1-2H3. The summed E-state index contributed by atoms with van der Waals surface area (Å²) in [4.78, 5) is 33.4. The number of benzene rings is 1. The molecule has 7 heteroatoms. The average molecular weight is 420 g/mol. The Kier molecular flexibility index (Phi) is 6.26. The molecule has 1 aromatic heterocycles. The van der Waals surface area contributed by atoms with E-state index in [2.05, 4.69) is 4.98 Å².